The number of carbonyl (C=O) groups excluding carboxylic acids is 1. The lowest BCUT2D eigenvalue weighted by Crippen LogP contribution is -2.51. The molecule has 7 nitrogen and oxygen atoms in total. The molecule has 0 spiro atoms. The summed E-state index contributed by atoms with van der Waals surface area (Å²) in [6.45, 7) is 2.09. The minimum atomic E-state index is -4.02. The molecule has 1 unspecified atom stereocenters. The van der Waals surface area contributed by atoms with Crippen LogP contribution in [0.3, 0.4) is 0 Å². The topological polar surface area (TPSA) is 84.9 Å². The van der Waals surface area contributed by atoms with Gasteiger partial charge in [-0.05, 0) is 48.7 Å². The Morgan fingerprint density at radius 1 is 1.09 bits per heavy atom. The minimum Gasteiger partial charge on any atom is -0.495 e. The first kappa shape index (κ1) is 22.7. The molecule has 1 aliphatic rings. The maximum atomic E-state index is 13.7. The molecule has 3 aromatic carbocycles. The predicted molar refractivity (Wildman–Crippen MR) is 126 cm³/mol. The van der Waals surface area contributed by atoms with Gasteiger partial charge >= 0.3 is 0 Å². The van der Waals surface area contributed by atoms with E-state index in [9.17, 15) is 13.2 Å². The summed E-state index contributed by atoms with van der Waals surface area (Å²) in [6, 6.07) is 21.6. The van der Waals surface area contributed by atoms with Crippen molar-refractivity contribution < 1.29 is 22.7 Å². The van der Waals surface area contributed by atoms with Crippen molar-refractivity contribution in [1.82, 2.24) is 5.32 Å². The summed E-state index contributed by atoms with van der Waals surface area (Å²) in [4.78, 5) is 12.9. The molecule has 3 aromatic rings. The molecule has 0 radical (unpaired) electrons. The van der Waals surface area contributed by atoms with Gasteiger partial charge in [-0.3, -0.25) is 9.10 Å². The first-order chi connectivity index (χ1) is 15.9. The van der Waals surface area contributed by atoms with Crippen LogP contribution in [0.2, 0.25) is 0 Å². The van der Waals surface area contributed by atoms with Gasteiger partial charge in [0.25, 0.3) is 15.9 Å². The Bertz CT molecular complexity index is 1240. The van der Waals surface area contributed by atoms with Crippen molar-refractivity contribution in [3.63, 3.8) is 0 Å². The molecular formula is C25H26N2O5S. The Morgan fingerprint density at radius 2 is 1.82 bits per heavy atom. The Hall–Kier alpha value is -3.52. The van der Waals surface area contributed by atoms with E-state index >= 15 is 0 Å². The first-order valence-corrected chi connectivity index (χ1v) is 12.1. The highest BCUT2D eigenvalue weighted by atomic mass is 32.2. The summed E-state index contributed by atoms with van der Waals surface area (Å²) in [7, 11) is -2.59. The largest absolute Gasteiger partial charge is 0.495 e. The van der Waals surface area contributed by atoms with Crippen molar-refractivity contribution in [2.45, 2.75) is 24.3 Å². The Kier molecular flexibility index (Phi) is 6.55. The van der Waals surface area contributed by atoms with E-state index in [1.807, 2.05) is 37.3 Å². The molecule has 0 aliphatic carbocycles. The molecule has 172 valence electrons. The van der Waals surface area contributed by atoms with E-state index in [2.05, 4.69) is 5.32 Å². The zero-order chi connectivity index (χ0) is 23.4. The van der Waals surface area contributed by atoms with Crippen molar-refractivity contribution in [3.8, 4) is 11.5 Å². The van der Waals surface area contributed by atoms with Crippen molar-refractivity contribution >= 4 is 21.6 Å². The van der Waals surface area contributed by atoms with Gasteiger partial charge in [0.15, 0.2) is 6.10 Å². The number of nitrogens with zero attached hydrogens (tertiary/aromatic N) is 1. The zero-order valence-electron chi connectivity index (χ0n) is 18.5. The number of methoxy groups -OCH3 is 1. The molecule has 0 saturated heterocycles. The molecule has 4 rings (SSSR count). The number of carbonyl (C=O) groups is 1. The second-order valence-electron chi connectivity index (χ2n) is 7.79. The van der Waals surface area contributed by atoms with Gasteiger partial charge in [-0.15, -0.1) is 0 Å². The van der Waals surface area contributed by atoms with E-state index in [0.717, 1.165) is 11.1 Å². The molecule has 0 saturated carbocycles. The smallest absolute Gasteiger partial charge is 0.268 e. The van der Waals surface area contributed by atoms with Crippen molar-refractivity contribution in [1.29, 1.82) is 0 Å². The van der Waals surface area contributed by atoms with Crippen molar-refractivity contribution in [2.24, 2.45) is 0 Å². The lowest BCUT2D eigenvalue weighted by molar-refractivity contribution is -0.127. The number of hydrogen-bond acceptors (Lipinski definition) is 5. The van der Waals surface area contributed by atoms with Crippen LogP contribution in [-0.4, -0.2) is 40.6 Å². The number of para-hydroxylation sites is 2. The molecule has 1 amide bonds. The Labute approximate surface area is 194 Å². The van der Waals surface area contributed by atoms with Crippen LogP contribution in [0.5, 0.6) is 11.5 Å². The lowest BCUT2D eigenvalue weighted by Gasteiger charge is -2.35. The second kappa shape index (κ2) is 9.54. The van der Waals surface area contributed by atoms with Crippen molar-refractivity contribution in [2.75, 3.05) is 24.5 Å². The van der Waals surface area contributed by atoms with Gasteiger partial charge < -0.3 is 14.8 Å². The Morgan fingerprint density at radius 3 is 2.58 bits per heavy atom. The van der Waals surface area contributed by atoms with E-state index < -0.39 is 16.1 Å². The van der Waals surface area contributed by atoms with Crippen LogP contribution >= 0.6 is 0 Å². The fourth-order valence-corrected chi connectivity index (χ4v) is 5.48. The summed E-state index contributed by atoms with van der Waals surface area (Å²) >= 11 is 0. The lowest BCUT2D eigenvalue weighted by atomic mass is 10.1. The molecule has 1 heterocycles. The predicted octanol–water partition coefficient (Wildman–Crippen LogP) is 3.32. The first-order valence-electron chi connectivity index (χ1n) is 10.6. The van der Waals surface area contributed by atoms with Crippen LogP contribution in [-0.2, 0) is 21.2 Å². The van der Waals surface area contributed by atoms with Gasteiger partial charge in [0, 0.05) is 6.54 Å². The number of ether oxygens (including phenoxy) is 2. The maximum absolute atomic E-state index is 13.7. The van der Waals surface area contributed by atoms with E-state index in [0.29, 0.717) is 24.4 Å². The average Bonchev–Trinajstić information content (AvgIpc) is 2.83. The van der Waals surface area contributed by atoms with Gasteiger partial charge in [0.1, 0.15) is 16.4 Å². The van der Waals surface area contributed by atoms with E-state index in [1.165, 1.54) is 11.4 Å². The minimum absolute atomic E-state index is 0.0462. The molecule has 1 atom stereocenters. The highest BCUT2D eigenvalue weighted by Crippen LogP contribution is 2.38. The number of amides is 1. The van der Waals surface area contributed by atoms with Crippen molar-refractivity contribution in [3.05, 3.63) is 83.9 Å². The summed E-state index contributed by atoms with van der Waals surface area (Å²) in [5, 5.41) is 2.86. The zero-order valence-corrected chi connectivity index (χ0v) is 19.3. The normalized spacial score (nSPS) is 15.3. The third-order valence-electron chi connectivity index (χ3n) is 5.47. The number of rotatable bonds is 7. The highest BCUT2D eigenvalue weighted by Gasteiger charge is 2.38. The molecule has 0 bridgehead atoms. The molecule has 1 aliphatic heterocycles. The summed E-state index contributed by atoms with van der Waals surface area (Å²) in [5.41, 5.74) is 2.27. The highest BCUT2D eigenvalue weighted by molar-refractivity contribution is 7.93. The van der Waals surface area contributed by atoms with Gasteiger partial charge in [0.2, 0.25) is 0 Å². The molecule has 8 heteroatoms. The van der Waals surface area contributed by atoms with E-state index in [4.69, 9.17) is 9.47 Å². The summed E-state index contributed by atoms with van der Waals surface area (Å²) in [6.07, 6.45) is -0.320. The van der Waals surface area contributed by atoms with E-state index in [-0.39, 0.29) is 23.1 Å². The number of hydrogen-bond donors (Lipinski definition) is 1. The van der Waals surface area contributed by atoms with Crippen LogP contribution in [0.1, 0.15) is 11.1 Å². The van der Waals surface area contributed by atoms with Gasteiger partial charge in [-0.1, -0.05) is 48.5 Å². The molecule has 1 N–H and O–H groups in total. The fourth-order valence-electron chi connectivity index (χ4n) is 3.76. The fraction of sp³-hybridized carbons (Fsp3) is 0.240. The van der Waals surface area contributed by atoms with Crippen LogP contribution in [0, 0.1) is 6.92 Å². The number of fused-ring (bicyclic) bond motifs is 1. The quantitative estimate of drug-likeness (QED) is 0.578. The molecule has 0 aromatic heterocycles. The SMILES string of the molecule is COc1ccc(C)cc1S(=O)(=O)N1CC(C(=O)NCCc2ccccc2)Oc2ccccc21. The van der Waals surface area contributed by atoms with Gasteiger partial charge in [-0.2, -0.15) is 0 Å². The average molecular weight is 467 g/mol. The summed E-state index contributed by atoms with van der Waals surface area (Å²) in [5.74, 6) is 0.215. The number of sulfonamides is 1. The van der Waals surface area contributed by atoms with Crippen LogP contribution < -0.4 is 19.1 Å². The van der Waals surface area contributed by atoms with E-state index in [1.54, 1.807) is 42.5 Å². The van der Waals surface area contributed by atoms with Gasteiger partial charge in [-0.25, -0.2) is 8.42 Å². The number of benzene rings is 3. The number of anilines is 1. The van der Waals surface area contributed by atoms with Crippen LogP contribution in [0.15, 0.2) is 77.7 Å². The third-order valence-corrected chi connectivity index (χ3v) is 7.27. The maximum Gasteiger partial charge on any atom is 0.268 e. The third kappa shape index (κ3) is 4.80. The number of aryl methyl sites for hydroxylation is 1. The molecule has 0 fully saturated rings. The second-order valence-corrected chi connectivity index (χ2v) is 9.62. The number of nitrogens with one attached hydrogen (secondary N) is 1. The Balaban J connectivity index is 1.59. The van der Waals surface area contributed by atoms with Crippen LogP contribution in [0.25, 0.3) is 0 Å². The van der Waals surface area contributed by atoms with Crippen LogP contribution in [0.4, 0.5) is 5.69 Å². The molecular weight excluding hydrogens is 440 g/mol. The monoisotopic (exact) mass is 466 g/mol. The van der Waals surface area contributed by atoms with Gasteiger partial charge in [0.05, 0.1) is 19.3 Å². The standard InChI is InChI=1S/C25H26N2O5S/c1-18-12-13-22(31-2)24(16-18)33(29,30)27-17-23(32-21-11-7-6-10-20(21)27)25(28)26-15-14-19-8-4-3-5-9-19/h3-13,16,23H,14-15,17H2,1-2H3,(H,26,28). The molecule has 33 heavy (non-hydrogen) atoms. The summed E-state index contributed by atoms with van der Waals surface area (Å²) < 4.78 is 39.8.